The van der Waals surface area contributed by atoms with Crippen LogP contribution >= 0.6 is 0 Å². The van der Waals surface area contributed by atoms with Gasteiger partial charge >= 0.3 is 5.97 Å². The van der Waals surface area contributed by atoms with Crippen LogP contribution in [0.15, 0.2) is 18.2 Å². The number of hydrogen-bond donors (Lipinski definition) is 1. The first-order valence-electron chi connectivity index (χ1n) is 6.04. The van der Waals surface area contributed by atoms with Crippen molar-refractivity contribution in [1.82, 2.24) is 5.01 Å². The van der Waals surface area contributed by atoms with Crippen molar-refractivity contribution >= 4 is 17.3 Å². The van der Waals surface area contributed by atoms with Gasteiger partial charge in [0, 0.05) is 25.2 Å². The Morgan fingerprint density at radius 1 is 1.58 bits per heavy atom. The third kappa shape index (κ3) is 3.19. The zero-order valence-corrected chi connectivity index (χ0v) is 10.6. The molecule has 7 heteroatoms. The van der Waals surface area contributed by atoms with Crippen LogP contribution in [0.4, 0.5) is 11.4 Å². The summed E-state index contributed by atoms with van der Waals surface area (Å²) < 4.78 is 4.85. The summed E-state index contributed by atoms with van der Waals surface area (Å²) in [5.74, 6) is -0.244. The van der Waals surface area contributed by atoms with Crippen molar-refractivity contribution in [2.75, 3.05) is 18.6 Å². The van der Waals surface area contributed by atoms with Crippen LogP contribution in [0.3, 0.4) is 0 Å². The normalized spacial score (nSPS) is 13.7. The number of hydrazine groups is 1. The monoisotopic (exact) mass is 265 g/mol. The zero-order chi connectivity index (χ0) is 13.8. The van der Waals surface area contributed by atoms with E-state index in [0.29, 0.717) is 19.7 Å². The van der Waals surface area contributed by atoms with Crippen LogP contribution in [-0.4, -0.2) is 29.1 Å². The topological polar surface area (TPSA) is 84.7 Å². The molecule has 1 aliphatic heterocycles. The van der Waals surface area contributed by atoms with Gasteiger partial charge in [-0.1, -0.05) is 0 Å². The molecule has 1 N–H and O–H groups in total. The van der Waals surface area contributed by atoms with Crippen LogP contribution in [0.5, 0.6) is 0 Å². The Morgan fingerprint density at radius 3 is 3.05 bits per heavy atom. The van der Waals surface area contributed by atoms with Gasteiger partial charge in [-0.2, -0.15) is 0 Å². The van der Waals surface area contributed by atoms with Crippen LogP contribution in [0.1, 0.15) is 18.9 Å². The predicted molar refractivity (Wildman–Crippen MR) is 68.4 cm³/mol. The quantitative estimate of drug-likeness (QED) is 0.495. The minimum absolute atomic E-state index is 0.0767. The molecule has 1 heterocycles. The van der Waals surface area contributed by atoms with Crippen molar-refractivity contribution in [2.24, 2.45) is 0 Å². The van der Waals surface area contributed by atoms with Crippen molar-refractivity contribution < 1.29 is 14.5 Å². The molecule has 0 fully saturated rings. The maximum Gasteiger partial charge on any atom is 0.307 e. The average Bonchev–Trinajstić information content (AvgIpc) is 2.78. The number of nitrogens with zero attached hydrogens (tertiary/aromatic N) is 2. The van der Waals surface area contributed by atoms with Gasteiger partial charge in [-0.3, -0.25) is 14.9 Å². The smallest absolute Gasteiger partial charge is 0.307 e. The fourth-order valence-corrected chi connectivity index (χ4v) is 1.94. The van der Waals surface area contributed by atoms with Gasteiger partial charge in [-0.05, 0) is 18.6 Å². The maximum absolute atomic E-state index is 11.3. The van der Waals surface area contributed by atoms with E-state index < -0.39 is 4.92 Å². The zero-order valence-electron chi connectivity index (χ0n) is 10.6. The van der Waals surface area contributed by atoms with Gasteiger partial charge in [-0.25, -0.2) is 5.01 Å². The van der Waals surface area contributed by atoms with Gasteiger partial charge in [-0.15, -0.1) is 0 Å². The minimum atomic E-state index is -0.415. The second-order valence-corrected chi connectivity index (χ2v) is 4.19. The highest BCUT2D eigenvalue weighted by atomic mass is 16.6. The SMILES string of the molecule is CCOC(=O)CCN1Cc2cc([N+](=O)[O-])ccc2N1. The molecule has 0 aromatic heterocycles. The Labute approximate surface area is 110 Å². The van der Waals surface area contributed by atoms with Crippen molar-refractivity contribution in [1.29, 1.82) is 0 Å². The summed E-state index contributed by atoms with van der Waals surface area (Å²) in [6.45, 7) is 3.18. The molecule has 0 bridgehead atoms. The lowest BCUT2D eigenvalue weighted by molar-refractivity contribution is -0.384. The Hall–Kier alpha value is -2.15. The summed E-state index contributed by atoms with van der Waals surface area (Å²) >= 11 is 0. The molecular weight excluding hydrogens is 250 g/mol. The van der Waals surface area contributed by atoms with Gasteiger partial charge in [0.2, 0.25) is 0 Å². The first-order chi connectivity index (χ1) is 9.10. The average molecular weight is 265 g/mol. The highest BCUT2D eigenvalue weighted by molar-refractivity contribution is 5.69. The number of ether oxygens (including phenoxy) is 1. The molecule has 2 rings (SSSR count). The number of nitro groups is 1. The van der Waals surface area contributed by atoms with Gasteiger partial charge in [0.05, 0.1) is 23.6 Å². The predicted octanol–water partition coefficient (Wildman–Crippen LogP) is 1.69. The molecular formula is C12H15N3O4. The van der Waals surface area contributed by atoms with Gasteiger partial charge in [0.25, 0.3) is 5.69 Å². The number of carbonyl (C=O) groups excluding carboxylic acids is 1. The Balaban J connectivity index is 1.93. The number of esters is 1. The van der Waals surface area contributed by atoms with Gasteiger partial charge in [0.1, 0.15) is 0 Å². The molecule has 1 aromatic carbocycles. The number of non-ortho nitro benzene ring substituents is 1. The van der Waals surface area contributed by atoms with Crippen LogP contribution in [-0.2, 0) is 16.1 Å². The molecule has 0 saturated heterocycles. The summed E-state index contributed by atoms with van der Waals surface area (Å²) in [6.07, 6.45) is 0.289. The lowest BCUT2D eigenvalue weighted by Gasteiger charge is -2.15. The van der Waals surface area contributed by atoms with Crippen LogP contribution in [0, 0.1) is 10.1 Å². The van der Waals surface area contributed by atoms with Crippen LogP contribution in [0.25, 0.3) is 0 Å². The molecule has 1 aromatic rings. The number of fused-ring (bicyclic) bond motifs is 1. The number of hydrogen-bond acceptors (Lipinski definition) is 6. The largest absolute Gasteiger partial charge is 0.466 e. The first kappa shape index (κ1) is 13.3. The molecule has 1 aliphatic rings. The van der Waals surface area contributed by atoms with Crippen LogP contribution < -0.4 is 5.43 Å². The van der Waals surface area contributed by atoms with E-state index in [0.717, 1.165) is 11.3 Å². The Bertz CT molecular complexity index is 504. The fourth-order valence-electron chi connectivity index (χ4n) is 1.94. The molecule has 7 nitrogen and oxygen atoms in total. The molecule has 19 heavy (non-hydrogen) atoms. The number of anilines is 1. The molecule has 0 aliphatic carbocycles. The van der Waals surface area contributed by atoms with E-state index in [4.69, 9.17) is 4.74 Å². The van der Waals surface area contributed by atoms with E-state index in [1.165, 1.54) is 6.07 Å². The second kappa shape index (κ2) is 5.66. The summed E-state index contributed by atoms with van der Waals surface area (Å²) in [4.78, 5) is 21.5. The standard InChI is InChI=1S/C12H15N3O4/c1-2-19-12(16)5-6-14-8-9-7-10(15(17)18)3-4-11(9)13-14/h3-4,7,13H,2,5-6,8H2,1H3. The second-order valence-electron chi connectivity index (χ2n) is 4.19. The lowest BCUT2D eigenvalue weighted by Crippen LogP contribution is -2.26. The molecule has 102 valence electrons. The highest BCUT2D eigenvalue weighted by Gasteiger charge is 2.21. The molecule has 0 radical (unpaired) electrons. The van der Waals surface area contributed by atoms with Gasteiger partial charge < -0.3 is 10.2 Å². The number of benzene rings is 1. The van der Waals surface area contributed by atoms with E-state index in [9.17, 15) is 14.9 Å². The van der Waals surface area contributed by atoms with Crippen LogP contribution in [0.2, 0.25) is 0 Å². The summed E-state index contributed by atoms with van der Waals surface area (Å²) in [6, 6.07) is 4.69. The fraction of sp³-hybridized carbons (Fsp3) is 0.417. The minimum Gasteiger partial charge on any atom is -0.466 e. The summed E-state index contributed by atoms with van der Waals surface area (Å²) in [5.41, 5.74) is 4.88. The van der Waals surface area contributed by atoms with Crippen molar-refractivity contribution in [3.63, 3.8) is 0 Å². The Morgan fingerprint density at radius 2 is 2.37 bits per heavy atom. The summed E-state index contributed by atoms with van der Waals surface area (Å²) in [7, 11) is 0. The number of carbonyl (C=O) groups is 1. The first-order valence-corrected chi connectivity index (χ1v) is 6.04. The summed E-state index contributed by atoms with van der Waals surface area (Å²) in [5, 5.41) is 12.5. The molecule has 0 saturated carbocycles. The maximum atomic E-state index is 11.3. The van der Waals surface area contributed by atoms with Crippen molar-refractivity contribution in [2.45, 2.75) is 19.9 Å². The van der Waals surface area contributed by atoms with Gasteiger partial charge in [0.15, 0.2) is 0 Å². The molecule has 0 atom stereocenters. The van der Waals surface area contributed by atoms with E-state index in [1.807, 2.05) is 5.01 Å². The third-order valence-electron chi connectivity index (χ3n) is 2.83. The highest BCUT2D eigenvalue weighted by Crippen LogP contribution is 2.28. The van der Waals surface area contributed by atoms with E-state index in [-0.39, 0.29) is 18.1 Å². The number of nitro benzene ring substituents is 1. The lowest BCUT2D eigenvalue weighted by atomic mass is 10.2. The molecule has 0 spiro atoms. The third-order valence-corrected chi connectivity index (χ3v) is 2.83. The molecule has 0 unspecified atom stereocenters. The number of rotatable bonds is 5. The molecule has 0 amide bonds. The van der Waals surface area contributed by atoms with E-state index in [2.05, 4.69) is 5.43 Å². The van der Waals surface area contributed by atoms with Crippen molar-refractivity contribution in [3.05, 3.63) is 33.9 Å². The van der Waals surface area contributed by atoms with E-state index >= 15 is 0 Å². The Kier molecular flexibility index (Phi) is 3.96. The van der Waals surface area contributed by atoms with Crippen molar-refractivity contribution in [3.8, 4) is 0 Å². The number of nitrogens with one attached hydrogen (secondary N) is 1. The van der Waals surface area contributed by atoms with E-state index in [1.54, 1.807) is 19.1 Å².